The van der Waals surface area contributed by atoms with Gasteiger partial charge in [0.05, 0.1) is 18.0 Å². The lowest BCUT2D eigenvalue weighted by Crippen LogP contribution is -2.20. The summed E-state index contributed by atoms with van der Waals surface area (Å²) in [4.78, 5) is 27.6. The number of hydrogen-bond acceptors (Lipinski definition) is 5. The molecule has 0 amide bonds. The molecule has 1 heterocycles. The fourth-order valence-corrected chi connectivity index (χ4v) is 1.55. The molecular formula is C12H13NO7S. The third-order valence-electron chi connectivity index (χ3n) is 2.30. The Labute approximate surface area is 119 Å². The van der Waals surface area contributed by atoms with Gasteiger partial charge in [-0.15, -0.1) is 0 Å². The van der Waals surface area contributed by atoms with Crippen molar-refractivity contribution in [2.24, 2.45) is 0 Å². The largest absolute Gasteiger partial charge is 0.477 e. The lowest BCUT2D eigenvalue weighted by atomic mass is 10.1. The van der Waals surface area contributed by atoms with Gasteiger partial charge in [0, 0.05) is 5.39 Å². The molecule has 114 valence electrons. The van der Waals surface area contributed by atoms with Gasteiger partial charge in [-0.05, 0) is 12.1 Å². The summed E-state index contributed by atoms with van der Waals surface area (Å²) in [6, 6.07) is 6.68. The fourth-order valence-electron chi connectivity index (χ4n) is 1.55. The maximum Gasteiger partial charge on any atom is 0.341 e. The molecule has 2 aromatic rings. The topological polar surface area (TPSA) is 123 Å². The average Bonchev–Trinajstić information content (AvgIpc) is 2.37. The molecule has 0 saturated carbocycles. The van der Waals surface area contributed by atoms with Gasteiger partial charge in [-0.3, -0.25) is 9.35 Å². The predicted molar refractivity (Wildman–Crippen MR) is 75.1 cm³/mol. The average molecular weight is 315 g/mol. The monoisotopic (exact) mass is 315 g/mol. The molecule has 0 saturated heterocycles. The highest BCUT2D eigenvalue weighted by atomic mass is 32.2. The van der Waals surface area contributed by atoms with E-state index in [1.165, 1.54) is 18.0 Å². The van der Waals surface area contributed by atoms with Crippen LogP contribution in [-0.4, -0.2) is 42.1 Å². The molecule has 0 aliphatic carbocycles. The number of pyridine rings is 1. The second-order valence-electron chi connectivity index (χ2n) is 3.94. The first-order valence-electron chi connectivity index (χ1n) is 5.49. The third kappa shape index (κ3) is 4.58. The first kappa shape index (κ1) is 16.7. The minimum Gasteiger partial charge on any atom is -0.477 e. The van der Waals surface area contributed by atoms with Crippen molar-refractivity contribution in [3.63, 3.8) is 0 Å². The van der Waals surface area contributed by atoms with Gasteiger partial charge in [0.15, 0.2) is 0 Å². The van der Waals surface area contributed by atoms with Crippen LogP contribution < -0.4 is 10.3 Å². The molecule has 0 fully saturated rings. The number of hydrogen-bond donors (Lipinski definition) is 2. The number of fused-ring (bicyclic) bond motifs is 1. The highest BCUT2D eigenvalue weighted by Crippen LogP contribution is 2.10. The molecule has 0 radical (unpaired) electrons. The molecule has 2 N–H and O–H groups in total. The molecule has 2 rings (SSSR count). The summed E-state index contributed by atoms with van der Waals surface area (Å²) in [5.41, 5.74) is -0.267. The van der Waals surface area contributed by atoms with Crippen LogP contribution in [-0.2, 0) is 10.1 Å². The maximum atomic E-state index is 11.8. The lowest BCUT2D eigenvalue weighted by Gasteiger charge is -2.09. The van der Waals surface area contributed by atoms with E-state index in [4.69, 9.17) is 14.5 Å². The van der Waals surface area contributed by atoms with E-state index in [2.05, 4.69) is 0 Å². The highest BCUT2D eigenvalue weighted by molar-refractivity contribution is 7.85. The standard InChI is InChI=1S/C11H9NO4.CH4O3S/c1-16-12-6-8(11(14)15)10(13)7-4-2-3-5-9(7)12;1-5(2,3)4/h2-6H,1H3,(H,14,15);1H3,(H,2,3,4). The molecule has 8 nitrogen and oxygen atoms in total. The van der Waals surface area contributed by atoms with E-state index in [9.17, 15) is 18.0 Å². The number of carboxylic acid groups (broad SMARTS) is 1. The van der Waals surface area contributed by atoms with Crippen LogP contribution in [0.3, 0.4) is 0 Å². The molecule has 0 unspecified atom stereocenters. The van der Waals surface area contributed by atoms with E-state index in [1.807, 2.05) is 0 Å². The minimum atomic E-state index is -3.67. The van der Waals surface area contributed by atoms with Crippen molar-refractivity contribution in [1.29, 1.82) is 0 Å². The zero-order chi connectivity index (χ0) is 16.2. The second kappa shape index (κ2) is 6.37. The molecule has 0 bridgehead atoms. The lowest BCUT2D eigenvalue weighted by molar-refractivity contribution is 0.0691. The van der Waals surface area contributed by atoms with Crippen LogP contribution >= 0.6 is 0 Å². The summed E-state index contributed by atoms with van der Waals surface area (Å²) >= 11 is 0. The zero-order valence-electron chi connectivity index (χ0n) is 11.2. The Bertz CT molecular complexity index is 815. The molecule has 0 spiro atoms. The van der Waals surface area contributed by atoms with Gasteiger partial charge in [-0.1, -0.05) is 12.1 Å². The fraction of sp³-hybridized carbons (Fsp3) is 0.167. The number of para-hydroxylation sites is 1. The Morgan fingerprint density at radius 2 is 1.81 bits per heavy atom. The van der Waals surface area contributed by atoms with Crippen molar-refractivity contribution >= 4 is 27.0 Å². The van der Waals surface area contributed by atoms with Gasteiger partial charge in [-0.2, -0.15) is 13.1 Å². The summed E-state index contributed by atoms with van der Waals surface area (Å²) in [5, 5.41) is 9.20. The van der Waals surface area contributed by atoms with Crippen molar-refractivity contribution in [3.05, 3.63) is 46.2 Å². The summed E-state index contributed by atoms with van der Waals surface area (Å²) in [7, 11) is -2.26. The maximum absolute atomic E-state index is 11.8. The van der Waals surface area contributed by atoms with Gasteiger partial charge in [0.1, 0.15) is 12.7 Å². The van der Waals surface area contributed by atoms with Crippen molar-refractivity contribution in [1.82, 2.24) is 4.73 Å². The van der Waals surface area contributed by atoms with Crippen molar-refractivity contribution in [2.75, 3.05) is 13.4 Å². The Morgan fingerprint density at radius 3 is 2.29 bits per heavy atom. The van der Waals surface area contributed by atoms with Crippen LogP contribution in [0.5, 0.6) is 0 Å². The van der Waals surface area contributed by atoms with E-state index >= 15 is 0 Å². The molecule has 1 aromatic heterocycles. The van der Waals surface area contributed by atoms with Crippen LogP contribution in [0.4, 0.5) is 0 Å². The van der Waals surface area contributed by atoms with E-state index < -0.39 is 21.5 Å². The number of rotatable bonds is 2. The normalized spacial score (nSPS) is 10.6. The Kier molecular flexibility index (Phi) is 5.06. The second-order valence-corrected chi connectivity index (χ2v) is 5.40. The van der Waals surface area contributed by atoms with Crippen LogP contribution in [0.2, 0.25) is 0 Å². The molecule has 0 atom stereocenters. The number of benzene rings is 1. The van der Waals surface area contributed by atoms with Crippen LogP contribution in [0.15, 0.2) is 35.3 Å². The van der Waals surface area contributed by atoms with E-state index in [-0.39, 0.29) is 5.56 Å². The molecule has 9 heteroatoms. The Morgan fingerprint density at radius 1 is 1.29 bits per heavy atom. The zero-order valence-corrected chi connectivity index (χ0v) is 12.0. The van der Waals surface area contributed by atoms with Crippen LogP contribution in [0.1, 0.15) is 10.4 Å². The van der Waals surface area contributed by atoms with Gasteiger partial charge >= 0.3 is 5.97 Å². The van der Waals surface area contributed by atoms with Crippen molar-refractivity contribution in [2.45, 2.75) is 0 Å². The van der Waals surface area contributed by atoms with Gasteiger partial charge in [-0.25, -0.2) is 4.79 Å². The number of carbonyl (C=O) groups is 1. The van der Waals surface area contributed by atoms with Crippen LogP contribution in [0, 0.1) is 0 Å². The van der Waals surface area contributed by atoms with E-state index in [1.54, 1.807) is 24.3 Å². The Balaban J connectivity index is 0.000000383. The molecule has 21 heavy (non-hydrogen) atoms. The molecular weight excluding hydrogens is 302 g/mol. The van der Waals surface area contributed by atoms with E-state index in [0.29, 0.717) is 17.2 Å². The number of carboxylic acids is 1. The van der Waals surface area contributed by atoms with Gasteiger partial charge < -0.3 is 9.94 Å². The van der Waals surface area contributed by atoms with Gasteiger partial charge in [0.2, 0.25) is 5.43 Å². The van der Waals surface area contributed by atoms with Crippen molar-refractivity contribution in [3.8, 4) is 0 Å². The van der Waals surface area contributed by atoms with Gasteiger partial charge in [0.25, 0.3) is 10.1 Å². The molecule has 0 aliphatic rings. The van der Waals surface area contributed by atoms with Crippen molar-refractivity contribution < 1.29 is 27.7 Å². The number of aromatic nitrogens is 1. The number of nitrogens with zero attached hydrogens (tertiary/aromatic N) is 1. The summed E-state index contributed by atoms with van der Waals surface area (Å²) in [5.74, 6) is -1.26. The highest BCUT2D eigenvalue weighted by Gasteiger charge is 2.13. The SMILES string of the molecule is COn1cc(C(=O)O)c(=O)c2ccccc21.CS(=O)(=O)O. The summed E-state index contributed by atoms with van der Waals surface area (Å²) in [6.07, 6.45) is 1.89. The summed E-state index contributed by atoms with van der Waals surface area (Å²) < 4.78 is 27.1. The third-order valence-corrected chi connectivity index (χ3v) is 2.30. The predicted octanol–water partition coefficient (Wildman–Crippen LogP) is 0.262. The molecule has 0 aliphatic heterocycles. The quantitative estimate of drug-likeness (QED) is 0.762. The van der Waals surface area contributed by atoms with Crippen LogP contribution in [0.25, 0.3) is 10.9 Å². The first-order chi connectivity index (χ1) is 9.65. The number of aromatic carboxylic acids is 1. The minimum absolute atomic E-state index is 0.305. The summed E-state index contributed by atoms with van der Waals surface area (Å²) in [6.45, 7) is 0. The first-order valence-corrected chi connectivity index (χ1v) is 7.34. The molecule has 1 aromatic carbocycles. The Hall–Kier alpha value is -2.39. The smallest absolute Gasteiger partial charge is 0.341 e. The van der Waals surface area contributed by atoms with E-state index in [0.717, 1.165) is 0 Å².